The molecular weight excluding hydrogens is 252 g/mol. The highest BCUT2D eigenvalue weighted by atomic mass is 16.5. The molecular formula is C16H22N2O2. The quantitative estimate of drug-likeness (QED) is 0.922. The number of aryl methyl sites for hydroxylation is 1. The molecule has 1 aliphatic rings. The Morgan fingerprint density at radius 2 is 2.25 bits per heavy atom. The number of benzene rings is 1. The Kier molecular flexibility index (Phi) is 3.92. The standard InChI is InChI=1S/C16H22N2O2/c1-3-13-9-12(7-8-19-13)17-11-5-6-15-14(10-11)18-16(4-2)20-15/h5-6,10,12-13,17H,3-4,7-9H2,1-2H3. The van der Waals surface area contributed by atoms with E-state index in [0.29, 0.717) is 12.1 Å². The maximum atomic E-state index is 5.72. The number of oxazole rings is 1. The van der Waals surface area contributed by atoms with E-state index in [1.54, 1.807) is 0 Å². The zero-order chi connectivity index (χ0) is 13.9. The lowest BCUT2D eigenvalue weighted by atomic mass is 10.0. The highest BCUT2D eigenvalue weighted by Crippen LogP contribution is 2.24. The Hall–Kier alpha value is -1.55. The van der Waals surface area contributed by atoms with Gasteiger partial charge in [0.2, 0.25) is 0 Å². The van der Waals surface area contributed by atoms with Crippen LogP contribution in [0, 0.1) is 0 Å². The molecule has 4 nitrogen and oxygen atoms in total. The first-order valence-corrected chi connectivity index (χ1v) is 7.56. The minimum atomic E-state index is 0.392. The summed E-state index contributed by atoms with van der Waals surface area (Å²) >= 11 is 0. The molecule has 2 atom stereocenters. The molecule has 3 rings (SSSR count). The predicted molar refractivity (Wildman–Crippen MR) is 80.1 cm³/mol. The molecule has 0 bridgehead atoms. The van der Waals surface area contributed by atoms with Crippen molar-refractivity contribution in [2.24, 2.45) is 0 Å². The summed E-state index contributed by atoms with van der Waals surface area (Å²) < 4.78 is 11.4. The summed E-state index contributed by atoms with van der Waals surface area (Å²) in [5.41, 5.74) is 2.92. The van der Waals surface area contributed by atoms with Crippen LogP contribution >= 0.6 is 0 Å². The molecule has 1 aliphatic heterocycles. The molecule has 0 radical (unpaired) electrons. The van der Waals surface area contributed by atoms with Crippen molar-refractivity contribution in [2.45, 2.75) is 51.7 Å². The molecule has 1 saturated heterocycles. The van der Waals surface area contributed by atoms with Gasteiger partial charge in [-0.05, 0) is 37.5 Å². The van der Waals surface area contributed by atoms with E-state index >= 15 is 0 Å². The van der Waals surface area contributed by atoms with E-state index in [0.717, 1.165) is 55.0 Å². The summed E-state index contributed by atoms with van der Waals surface area (Å²) in [6.07, 6.45) is 4.44. The van der Waals surface area contributed by atoms with E-state index in [-0.39, 0.29) is 0 Å². The monoisotopic (exact) mass is 274 g/mol. The molecule has 108 valence electrons. The first kappa shape index (κ1) is 13.4. The summed E-state index contributed by atoms with van der Waals surface area (Å²) in [7, 11) is 0. The van der Waals surface area contributed by atoms with Gasteiger partial charge in [-0.15, -0.1) is 0 Å². The van der Waals surface area contributed by atoms with Crippen LogP contribution in [-0.2, 0) is 11.2 Å². The van der Waals surface area contributed by atoms with Crippen LogP contribution in [0.2, 0.25) is 0 Å². The lowest BCUT2D eigenvalue weighted by Gasteiger charge is -2.30. The van der Waals surface area contributed by atoms with Crippen molar-refractivity contribution in [3.05, 3.63) is 24.1 Å². The van der Waals surface area contributed by atoms with Crippen molar-refractivity contribution in [2.75, 3.05) is 11.9 Å². The van der Waals surface area contributed by atoms with E-state index in [4.69, 9.17) is 9.15 Å². The number of hydrogen-bond acceptors (Lipinski definition) is 4. The number of hydrogen-bond donors (Lipinski definition) is 1. The Bertz CT molecular complexity index is 579. The number of rotatable bonds is 4. The van der Waals surface area contributed by atoms with Gasteiger partial charge in [0.1, 0.15) is 5.52 Å². The molecule has 1 fully saturated rings. The third-order valence-corrected chi connectivity index (χ3v) is 3.93. The van der Waals surface area contributed by atoms with Crippen LogP contribution in [0.3, 0.4) is 0 Å². The van der Waals surface area contributed by atoms with Crippen LogP contribution in [0.5, 0.6) is 0 Å². The molecule has 1 aromatic heterocycles. The largest absolute Gasteiger partial charge is 0.441 e. The van der Waals surface area contributed by atoms with Gasteiger partial charge in [0, 0.05) is 24.8 Å². The fourth-order valence-electron chi connectivity index (χ4n) is 2.75. The average Bonchev–Trinajstić information content (AvgIpc) is 2.90. The number of ether oxygens (including phenoxy) is 1. The lowest BCUT2D eigenvalue weighted by molar-refractivity contribution is 0.00926. The van der Waals surface area contributed by atoms with Crippen molar-refractivity contribution in [3.63, 3.8) is 0 Å². The summed E-state index contributed by atoms with van der Waals surface area (Å²) in [6, 6.07) is 6.64. The van der Waals surface area contributed by atoms with Gasteiger partial charge in [0.15, 0.2) is 11.5 Å². The van der Waals surface area contributed by atoms with Crippen LogP contribution in [0.4, 0.5) is 5.69 Å². The van der Waals surface area contributed by atoms with E-state index in [1.807, 2.05) is 6.07 Å². The number of fused-ring (bicyclic) bond motifs is 1. The Balaban J connectivity index is 1.73. The van der Waals surface area contributed by atoms with E-state index in [2.05, 4.69) is 36.3 Å². The van der Waals surface area contributed by atoms with Crippen molar-refractivity contribution in [1.82, 2.24) is 4.98 Å². The molecule has 2 heterocycles. The summed E-state index contributed by atoms with van der Waals surface area (Å²) in [5.74, 6) is 0.800. The van der Waals surface area contributed by atoms with Crippen LogP contribution in [-0.4, -0.2) is 23.7 Å². The summed E-state index contributed by atoms with van der Waals surface area (Å²) in [6.45, 7) is 5.08. The predicted octanol–water partition coefficient (Wildman–Crippen LogP) is 3.76. The second kappa shape index (κ2) is 5.83. The van der Waals surface area contributed by atoms with Gasteiger partial charge >= 0.3 is 0 Å². The van der Waals surface area contributed by atoms with Crippen molar-refractivity contribution >= 4 is 16.8 Å². The number of aromatic nitrogens is 1. The minimum Gasteiger partial charge on any atom is -0.441 e. The minimum absolute atomic E-state index is 0.392. The van der Waals surface area contributed by atoms with Gasteiger partial charge < -0.3 is 14.5 Å². The molecule has 0 amide bonds. The molecule has 20 heavy (non-hydrogen) atoms. The fraction of sp³-hybridized carbons (Fsp3) is 0.562. The zero-order valence-corrected chi connectivity index (χ0v) is 12.2. The van der Waals surface area contributed by atoms with Crippen LogP contribution < -0.4 is 5.32 Å². The SMILES string of the molecule is CCc1nc2cc(NC3CCOC(CC)C3)ccc2o1. The van der Waals surface area contributed by atoms with Gasteiger partial charge in [-0.25, -0.2) is 4.98 Å². The molecule has 4 heteroatoms. The summed E-state index contributed by atoms with van der Waals surface area (Å²) in [5, 5.41) is 3.60. The average molecular weight is 274 g/mol. The van der Waals surface area contributed by atoms with Gasteiger partial charge in [0.25, 0.3) is 0 Å². The van der Waals surface area contributed by atoms with Crippen molar-refractivity contribution in [3.8, 4) is 0 Å². The van der Waals surface area contributed by atoms with Gasteiger partial charge in [-0.3, -0.25) is 0 Å². The first-order chi connectivity index (χ1) is 9.78. The molecule has 2 aromatic rings. The molecule has 0 spiro atoms. The zero-order valence-electron chi connectivity index (χ0n) is 12.2. The second-order valence-electron chi connectivity index (χ2n) is 5.41. The van der Waals surface area contributed by atoms with Gasteiger partial charge in [0.05, 0.1) is 6.10 Å². The normalized spacial score (nSPS) is 23.1. The Morgan fingerprint density at radius 1 is 1.35 bits per heavy atom. The number of nitrogens with zero attached hydrogens (tertiary/aromatic N) is 1. The number of nitrogens with one attached hydrogen (secondary N) is 1. The van der Waals surface area contributed by atoms with Crippen molar-refractivity contribution < 1.29 is 9.15 Å². The number of anilines is 1. The maximum Gasteiger partial charge on any atom is 0.195 e. The highest BCUT2D eigenvalue weighted by Gasteiger charge is 2.21. The third-order valence-electron chi connectivity index (χ3n) is 3.93. The first-order valence-electron chi connectivity index (χ1n) is 7.56. The van der Waals surface area contributed by atoms with E-state index < -0.39 is 0 Å². The van der Waals surface area contributed by atoms with Crippen molar-refractivity contribution in [1.29, 1.82) is 0 Å². The Labute approximate surface area is 119 Å². The third kappa shape index (κ3) is 2.80. The molecule has 1 aromatic carbocycles. The summed E-state index contributed by atoms with van der Waals surface area (Å²) in [4.78, 5) is 4.48. The van der Waals surface area contributed by atoms with E-state index in [1.165, 1.54) is 0 Å². The molecule has 0 aliphatic carbocycles. The van der Waals surface area contributed by atoms with Gasteiger partial charge in [-0.1, -0.05) is 13.8 Å². The smallest absolute Gasteiger partial charge is 0.195 e. The topological polar surface area (TPSA) is 47.3 Å². The van der Waals surface area contributed by atoms with E-state index in [9.17, 15) is 0 Å². The highest BCUT2D eigenvalue weighted by molar-refractivity contribution is 5.77. The van der Waals surface area contributed by atoms with Gasteiger partial charge in [-0.2, -0.15) is 0 Å². The molecule has 2 unspecified atom stereocenters. The van der Waals surface area contributed by atoms with Crippen LogP contribution in [0.15, 0.2) is 22.6 Å². The molecule has 1 N–H and O–H groups in total. The Morgan fingerprint density at radius 3 is 3.05 bits per heavy atom. The van der Waals surface area contributed by atoms with Crippen LogP contribution in [0.1, 0.15) is 39.0 Å². The fourth-order valence-corrected chi connectivity index (χ4v) is 2.75. The molecule has 0 saturated carbocycles. The second-order valence-corrected chi connectivity index (χ2v) is 5.41. The maximum absolute atomic E-state index is 5.72. The lowest BCUT2D eigenvalue weighted by Crippen LogP contribution is -2.33. The van der Waals surface area contributed by atoms with Crippen LogP contribution in [0.25, 0.3) is 11.1 Å².